The summed E-state index contributed by atoms with van der Waals surface area (Å²) < 4.78 is 11.6. The van der Waals surface area contributed by atoms with Crippen LogP contribution in [-0.2, 0) is 23.9 Å². The van der Waals surface area contributed by atoms with E-state index in [1.165, 1.54) is 173 Å². The van der Waals surface area contributed by atoms with Crippen molar-refractivity contribution in [2.45, 2.75) is 310 Å². The number of rotatable bonds is 52. The van der Waals surface area contributed by atoms with Crippen LogP contribution in [0.25, 0.3) is 0 Å². The predicted molar refractivity (Wildman–Crippen MR) is 285 cm³/mol. The van der Waals surface area contributed by atoms with Crippen molar-refractivity contribution in [3.63, 3.8) is 0 Å². The highest BCUT2D eigenvalue weighted by atomic mass is 16.5. The highest BCUT2D eigenvalue weighted by Gasteiger charge is 2.23. The lowest BCUT2D eigenvalue weighted by Crippen LogP contribution is -2.41. The van der Waals surface area contributed by atoms with Crippen LogP contribution in [0.4, 0.5) is 0 Å². The van der Waals surface area contributed by atoms with Crippen LogP contribution in [-0.4, -0.2) is 74.1 Å². The fraction of sp³-hybridized carbons (Fsp3) is 0.949. The molecule has 0 radical (unpaired) electrons. The third kappa shape index (κ3) is 41.4. The van der Waals surface area contributed by atoms with Crippen molar-refractivity contribution in [2.75, 3.05) is 40.4 Å². The van der Waals surface area contributed by atoms with Gasteiger partial charge >= 0.3 is 11.9 Å². The Balaban J connectivity index is 5.03. The average molecular weight is 934 g/mol. The van der Waals surface area contributed by atoms with Crippen LogP contribution >= 0.6 is 0 Å². The molecule has 0 aliphatic carbocycles. The van der Waals surface area contributed by atoms with Gasteiger partial charge in [-0.05, 0) is 90.8 Å². The first-order valence-corrected chi connectivity index (χ1v) is 29.5. The van der Waals surface area contributed by atoms with E-state index in [0.29, 0.717) is 43.9 Å². The molecule has 0 bridgehead atoms. The Labute approximate surface area is 412 Å². The maximum Gasteiger partial charge on any atom is 0.308 e. The summed E-state index contributed by atoms with van der Waals surface area (Å²) in [4.78, 5) is 44.0. The van der Waals surface area contributed by atoms with Gasteiger partial charge in [-0.3, -0.25) is 14.4 Å². The Hall–Kier alpha value is -1.63. The quantitative estimate of drug-likeness (QED) is 0.0447. The topological polar surface area (TPSA) is 76.2 Å². The van der Waals surface area contributed by atoms with Crippen molar-refractivity contribution in [2.24, 2.45) is 11.8 Å². The monoisotopic (exact) mass is 933 g/mol. The zero-order valence-corrected chi connectivity index (χ0v) is 45.7. The Morgan fingerprint density at radius 1 is 0.394 bits per heavy atom. The minimum absolute atomic E-state index is 0.00288. The van der Waals surface area contributed by atoms with Gasteiger partial charge in [0.2, 0.25) is 5.91 Å². The van der Waals surface area contributed by atoms with E-state index in [2.05, 4.69) is 58.5 Å². The van der Waals surface area contributed by atoms with Gasteiger partial charge < -0.3 is 19.3 Å². The van der Waals surface area contributed by atoms with Gasteiger partial charge in [0.1, 0.15) is 0 Å². The molecule has 0 aromatic rings. The SMILES string of the molecule is CCCCCCCCCCN(C(=O)CCCN(C)C)C(CCCCCCCCCOC(=O)C(CCCC)CCCCCC)CCCCCCCCC(=O)OCC(CCCC)CCCCCC. The van der Waals surface area contributed by atoms with Crippen LogP contribution in [0.5, 0.6) is 0 Å². The number of hydrogen-bond donors (Lipinski definition) is 0. The Morgan fingerprint density at radius 2 is 0.818 bits per heavy atom. The third-order valence-electron chi connectivity index (χ3n) is 14.2. The van der Waals surface area contributed by atoms with Crippen LogP contribution in [0.3, 0.4) is 0 Å². The smallest absolute Gasteiger partial charge is 0.308 e. The predicted octanol–water partition coefficient (Wildman–Crippen LogP) is 17.5. The molecule has 3 atom stereocenters. The van der Waals surface area contributed by atoms with E-state index in [-0.39, 0.29) is 17.9 Å². The second-order valence-corrected chi connectivity index (χ2v) is 20.9. The second kappa shape index (κ2) is 49.8. The van der Waals surface area contributed by atoms with Crippen LogP contribution < -0.4 is 0 Å². The van der Waals surface area contributed by atoms with Gasteiger partial charge in [-0.15, -0.1) is 0 Å². The molecule has 0 aliphatic rings. The normalized spacial score (nSPS) is 13.0. The first-order chi connectivity index (χ1) is 32.2. The Morgan fingerprint density at radius 3 is 1.38 bits per heavy atom. The molecule has 0 heterocycles. The lowest BCUT2D eigenvalue weighted by Gasteiger charge is -2.33. The maximum absolute atomic E-state index is 14.0. The van der Waals surface area contributed by atoms with Crippen LogP contribution in [0, 0.1) is 11.8 Å². The zero-order valence-electron chi connectivity index (χ0n) is 45.7. The molecule has 0 fully saturated rings. The third-order valence-corrected chi connectivity index (χ3v) is 14.2. The molecule has 3 unspecified atom stereocenters. The number of hydrogen-bond acceptors (Lipinski definition) is 6. The van der Waals surface area contributed by atoms with E-state index in [1.54, 1.807) is 0 Å². The minimum Gasteiger partial charge on any atom is -0.465 e. The number of esters is 2. The molecule has 7 nitrogen and oxygen atoms in total. The molecule has 0 aromatic heterocycles. The number of carbonyl (C=O) groups is 3. The van der Waals surface area contributed by atoms with Gasteiger partial charge in [-0.2, -0.15) is 0 Å². The van der Waals surface area contributed by atoms with Crippen LogP contribution in [0.15, 0.2) is 0 Å². The second-order valence-electron chi connectivity index (χ2n) is 20.9. The molecule has 0 saturated carbocycles. The Bertz CT molecular complexity index is 1050. The lowest BCUT2D eigenvalue weighted by atomic mass is 9.95. The highest BCUT2D eigenvalue weighted by Crippen LogP contribution is 2.24. The molecule has 0 N–H and O–H groups in total. The number of amides is 1. The number of nitrogens with zero attached hydrogens (tertiary/aromatic N) is 2. The number of carbonyl (C=O) groups excluding carboxylic acids is 3. The van der Waals surface area contributed by atoms with Crippen molar-refractivity contribution >= 4 is 17.8 Å². The van der Waals surface area contributed by atoms with E-state index in [0.717, 1.165) is 96.6 Å². The molecule has 0 saturated heterocycles. The van der Waals surface area contributed by atoms with Crippen molar-refractivity contribution in [3.05, 3.63) is 0 Å². The van der Waals surface area contributed by atoms with Crippen LogP contribution in [0.1, 0.15) is 304 Å². The van der Waals surface area contributed by atoms with Crippen molar-refractivity contribution in [1.29, 1.82) is 0 Å². The van der Waals surface area contributed by atoms with E-state index in [9.17, 15) is 14.4 Å². The molecule has 0 spiro atoms. The van der Waals surface area contributed by atoms with Gasteiger partial charge in [0.25, 0.3) is 0 Å². The number of unbranched alkanes of at least 4 members (excludes halogenated alkanes) is 26. The molecular weight excluding hydrogens is 817 g/mol. The maximum atomic E-state index is 14.0. The summed E-state index contributed by atoms with van der Waals surface area (Å²) in [5.41, 5.74) is 0. The van der Waals surface area contributed by atoms with E-state index in [4.69, 9.17) is 9.47 Å². The summed E-state index contributed by atoms with van der Waals surface area (Å²) in [5, 5.41) is 0. The van der Waals surface area contributed by atoms with Gasteiger partial charge in [-0.25, -0.2) is 0 Å². The molecule has 392 valence electrons. The zero-order chi connectivity index (χ0) is 48.6. The lowest BCUT2D eigenvalue weighted by molar-refractivity contribution is -0.149. The average Bonchev–Trinajstić information content (AvgIpc) is 3.30. The fourth-order valence-corrected chi connectivity index (χ4v) is 9.68. The molecule has 66 heavy (non-hydrogen) atoms. The van der Waals surface area contributed by atoms with E-state index >= 15 is 0 Å². The van der Waals surface area contributed by atoms with Crippen molar-refractivity contribution < 1.29 is 23.9 Å². The summed E-state index contributed by atoms with van der Waals surface area (Å²) in [6, 6.07) is 0.339. The minimum atomic E-state index is -0.00288. The summed E-state index contributed by atoms with van der Waals surface area (Å²) in [6.07, 6.45) is 48.6. The number of ether oxygens (including phenoxy) is 2. The molecule has 1 amide bonds. The molecule has 0 rings (SSSR count). The van der Waals surface area contributed by atoms with E-state index < -0.39 is 0 Å². The van der Waals surface area contributed by atoms with Crippen molar-refractivity contribution in [3.8, 4) is 0 Å². The van der Waals surface area contributed by atoms with Gasteiger partial charge in [0, 0.05) is 25.4 Å². The highest BCUT2D eigenvalue weighted by molar-refractivity contribution is 5.76. The standard InChI is InChI=1S/C59H116N2O5/c1-8-13-18-21-22-27-32-39-51-61(57(62)48-41-50-60(6)7)56(46-36-29-24-23-28-33-40-52-65-59(64)55(44-17-12-5)45-35-20-15-10-3)47-37-30-25-26-31-38-49-58(63)66-53-54(42-16-11-4)43-34-19-14-9-2/h54-56H,8-53H2,1-7H3. The van der Waals surface area contributed by atoms with Crippen molar-refractivity contribution in [1.82, 2.24) is 9.80 Å². The van der Waals surface area contributed by atoms with Gasteiger partial charge in [-0.1, -0.05) is 227 Å². The van der Waals surface area contributed by atoms with Gasteiger partial charge in [0.15, 0.2) is 0 Å². The molecule has 7 heteroatoms. The molecule has 0 aliphatic heterocycles. The molecule has 0 aromatic carbocycles. The largest absolute Gasteiger partial charge is 0.465 e. The van der Waals surface area contributed by atoms with Gasteiger partial charge in [0.05, 0.1) is 19.1 Å². The summed E-state index contributed by atoms with van der Waals surface area (Å²) in [5.74, 6) is 1.03. The van der Waals surface area contributed by atoms with E-state index in [1.807, 2.05) is 0 Å². The molecular formula is C59H116N2O5. The summed E-state index contributed by atoms with van der Waals surface area (Å²) in [6.45, 7) is 14.3. The summed E-state index contributed by atoms with van der Waals surface area (Å²) in [7, 11) is 4.21. The van der Waals surface area contributed by atoms with Crippen LogP contribution in [0.2, 0.25) is 0 Å². The fourth-order valence-electron chi connectivity index (χ4n) is 9.68. The summed E-state index contributed by atoms with van der Waals surface area (Å²) >= 11 is 0. The Kier molecular flexibility index (Phi) is 48.6. The first-order valence-electron chi connectivity index (χ1n) is 29.5. The first kappa shape index (κ1) is 64.4.